The van der Waals surface area contributed by atoms with Crippen LogP contribution in [0.2, 0.25) is 0 Å². The summed E-state index contributed by atoms with van der Waals surface area (Å²) in [6.07, 6.45) is 1.04. The number of ether oxygens (including phenoxy) is 2. The van der Waals surface area contributed by atoms with E-state index in [2.05, 4.69) is 15.9 Å². The van der Waals surface area contributed by atoms with Crippen LogP contribution in [0.3, 0.4) is 0 Å². The number of nitrogens with zero attached hydrogens (tertiary/aromatic N) is 1. The fourth-order valence-corrected chi connectivity index (χ4v) is 2.18. The van der Waals surface area contributed by atoms with Gasteiger partial charge in [0.05, 0.1) is 4.92 Å². The van der Waals surface area contributed by atoms with Crippen LogP contribution in [0.1, 0.15) is 19.4 Å². The molecule has 1 aromatic carbocycles. The van der Waals surface area contributed by atoms with Gasteiger partial charge in [-0.1, -0.05) is 0 Å². The topological polar surface area (TPSA) is 95.7 Å². The van der Waals surface area contributed by atoms with Gasteiger partial charge in [0.15, 0.2) is 0 Å². The molecule has 2 rings (SSSR count). The van der Waals surface area contributed by atoms with E-state index >= 15 is 0 Å². The van der Waals surface area contributed by atoms with E-state index in [0.29, 0.717) is 0 Å². The Balaban J connectivity index is 2.46. The van der Waals surface area contributed by atoms with Gasteiger partial charge >= 0.3 is 17.6 Å². The second-order valence-corrected chi connectivity index (χ2v) is 5.67. The van der Waals surface area contributed by atoms with Crippen LogP contribution in [0.4, 0.5) is 10.1 Å². The van der Waals surface area contributed by atoms with Crippen molar-refractivity contribution in [2.24, 2.45) is 0 Å². The lowest BCUT2D eigenvalue weighted by Crippen LogP contribution is -2.41. The Morgan fingerprint density at radius 1 is 1.27 bits per heavy atom. The molecule has 0 amide bonds. The van der Waals surface area contributed by atoms with Crippen LogP contribution in [0.25, 0.3) is 6.08 Å². The van der Waals surface area contributed by atoms with Crippen molar-refractivity contribution < 1.29 is 28.4 Å². The maximum absolute atomic E-state index is 13.6. The molecule has 0 unspecified atom stereocenters. The summed E-state index contributed by atoms with van der Waals surface area (Å²) in [4.78, 5) is 33.3. The Morgan fingerprint density at radius 3 is 2.32 bits per heavy atom. The highest BCUT2D eigenvalue weighted by atomic mass is 79.9. The van der Waals surface area contributed by atoms with E-state index in [1.807, 2.05) is 0 Å². The molecular formula is C13H9BrFNO6. The lowest BCUT2D eigenvalue weighted by Gasteiger charge is -2.29. The quantitative estimate of drug-likeness (QED) is 0.260. The van der Waals surface area contributed by atoms with Crippen LogP contribution in [0.5, 0.6) is 0 Å². The largest absolute Gasteiger partial charge is 0.419 e. The monoisotopic (exact) mass is 373 g/mol. The van der Waals surface area contributed by atoms with E-state index in [-0.39, 0.29) is 10.0 Å². The minimum Gasteiger partial charge on any atom is -0.419 e. The standard InChI is InChI=1S/C13H9BrFNO6/c1-13(2)21-11(17)7(12(18)22-13)3-6-4-9(15)10(16(19)20)5-8(6)14/h3-5H,1-2H3. The SMILES string of the molecule is CC1(C)OC(=O)C(=Cc2cc(F)c([N+](=O)[O-])cc2Br)C(=O)O1. The highest BCUT2D eigenvalue weighted by Gasteiger charge is 2.39. The van der Waals surface area contributed by atoms with Crippen LogP contribution in [-0.4, -0.2) is 22.6 Å². The number of halogens is 2. The molecule has 0 aromatic heterocycles. The lowest BCUT2D eigenvalue weighted by atomic mass is 10.1. The van der Waals surface area contributed by atoms with Gasteiger partial charge in [-0.2, -0.15) is 4.39 Å². The summed E-state index contributed by atoms with van der Waals surface area (Å²) in [7, 11) is 0. The van der Waals surface area contributed by atoms with Gasteiger partial charge in [-0.05, 0) is 33.6 Å². The number of hydrogen-bond donors (Lipinski definition) is 0. The van der Waals surface area contributed by atoms with Crippen molar-refractivity contribution in [3.63, 3.8) is 0 Å². The number of nitro benzene ring substituents is 1. The molecular weight excluding hydrogens is 365 g/mol. The summed E-state index contributed by atoms with van der Waals surface area (Å²) in [5, 5.41) is 10.6. The van der Waals surface area contributed by atoms with Crippen molar-refractivity contribution in [2.75, 3.05) is 0 Å². The van der Waals surface area contributed by atoms with Crippen molar-refractivity contribution in [2.45, 2.75) is 19.6 Å². The number of esters is 2. The first-order chi connectivity index (χ1) is 10.1. The third-order valence-corrected chi connectivity index (χ3v) is 3.37. The fourth-order valence-electron chi connectivity index (χ4n) is 1.74. The Hall–Kier alpha value is -2.29. The minimum atomic E-state index is -1.39. The van der Waals surface area contributed by atoms with Crippen molar-refractivity contribution in [3.8, 4) is 0 Å². The molecule has 0 spiro atoms. The van der Waals surface area contributed by atoms with Gasteiger partial charge < -0.3 is 9.47 Å². The first-order valence-electron chi connectivity index (χ1n) is 5.92. The minimum absolute atomic E-state index is 0.0618. The molecule has 9 heteroatoms. The van der Waals surface area contributed by atoms with Gasteiger partial charge in [0.25, 0.3) is 5.79 Å². The number of nitro groups is 1. The second-order valence-electron chi connectivity index (χ2n) is 4.82. The number of hydrogen-bond acceptors (Lipinski definition) is 6. The summed E-state index contributed by atoms with van der Waals surface area (Å²) in [6, 6.07) is 1.76. The van der Waals surface area contributed by atoms with Crippen LogP contribution in [0, 0.1) is 15.9 Å². The van der Waals surface area contributed by atoms with Gasteiger partial charge in [-0.15, -0.1) is 0 Å². The van der Waals surface area contributed by atoms with Gasteiger partial charge in [0.1, 0.15) is 5.57 Å². The Bertz CT molecular complexity index is 705. The molecule has 7 nitrogen and oxygen atoms in total. The number of carbonyl (C=O) groups excluding carboxylic acids is 2. The summed E-state index contributed by atoms with van der Waals surface area (Å²) < 4.78 is 23.6. The average molecular weight is 374 g/mol. The van der Waals surface area contributed by atoms with Gasteiger partial charge in [0.2, 0.25) is 5.82 Å². The third-order valence-electron chi connectivity index (χ3n) is 2.68. The maximum atomic E-state index is 13.6. The first-order valence-corrected chi connectivity index (χ1v) is 6.72. The molecule has 0 radical (unpaired) electrons. The molecule has 1 fully saturated rings. The Morgan fingerprint density at radius 2 is 1.82 bits per heavy atom. The molecule has 1 heterocycles. The number of rotatable bonds is 2. The summed E-state index contributed by atoms with van der Waals surface area (Å²) in [5.41, 5.74) is -1.11. The van der Waals surface area contributed by atoms with E-state index in [1.54, 1.807) is 0 Å². The van der Waals surface area contributed by atoms with E-state index in [9.17, 15) is 24.1 Å². The molecule has 1 saturated heterocycles. The summed E-state index contributed by atoms with van der Waals surface area (Å²) in [5.74, 6) is -4.33. The highest BCUT2D eigenvalue weighted by molar-refractivity contribution is 9.10. The molecule has 0 saturated carbocycles. The molecule has 0 atom stereocenters. The average Bonchev–Trinajstić information content (AvgIpc) is 2.35. The van der Waals surface area contributed by atoms with Gasteiger partial charge in [0, 0.05) is 24.4 Å². The van der Waals surface area contributed by atoms with Gasteiger partial charge in [-0.25, -0.2) is 9.59 Å². The maximum Gasteiger partial charge on any atom is 0.348 e. The Labute approximate surface area is 132 Å². The fraction of sp³-hybridized carbons (Fsp3) is 0.231. The zero-order valence-corrected chi connectivity index (χ0v) is 13.0. The van der Waals surface area contributed by atoms with E-state index in [1.165, 1.54) is 13.8 Å². The van der Waals surface area contributed by atoms with E-state index < -0.39 is 39.7 Å². The zero-order valence-electron chi connectivity index (χ0n) is 11.4. The van der Waals surface area contributed by atoms with Crippen molar-refractivity contribution in [3.05, 3.63) is 43.7 Å². The van der Waals surface area contributed by atoms with E-state index in [4.69, 9.17) is 9.47 Å². The zero-order chi connectivity index (χ0) is 16.7. The Kier molecular flexibility index (Phi) is 4.01. The predicted molar refractivity (Wildman–Crippen MR) is 75.0 cm³/mol. The third kappa shape index (κ3) is 3.14. The smallest absolute Gasteiger partial charge is 0.348 e. The van der Waals surface area contributed by atoms with Crippen molar-refractivity contribution >= 4 is 39.6 Å². The van der Waals surface area contributed by atoms with Gasteiger partial charge in [-0.3, -0.25) is 10.1 Å². The first kappa shape index (κ1) is 16.1. The molecule has 22 heavy (non-hydrogen) atoms. The molecule has 1 aliphatic rings. The molecule has 0 bridgehead atoms. The molecule has 116 valence electrons. The van der Waals surface area contributed by atoms with Crippen LogP contribution in [0.15, 0.2) is 22.2 Å². The highest BCUT2D eigenvalue weighted by Crippen LogP contribution is 2.30. The molecule has 0 N–H and O–H groups in total. The number of cyclic esters (lactones) is 2. The van der Waals surface area contributed by atoms with Crippen molar-refractivity contribution in [1.29, 1.82) is 0 Å². The summed E-state index contributed by atoms with van der Waals surface area (Å²) >= 11 is 3.02. The number of carbonyl (C=O) groups is 2. The number of benzene rings is 1. The normalized spacial score (nSPS) is 16.8. The molecule has 0 aliphatic carbocycles. The summed E-state index contributed by atoms with van der Waals surface area (Å²) in [6.45, 7) is 2.78. The van der Waals surface area contributed by atoms with Crippen molar-refractivity contribution in [1.82, 2.24) is 0 Å². The van der Waals surface area contributed by atoms with Crippen LogP contribution < -0.4 is 0 Å². The second kappa shape index (κ2) is 5.48. The van der Waals surface area contributed by atoms with Crippen LogP contribution >= 0.6 is 15.9 Å². The lowest BCUT2D eigenvalue weighted by molar-refractivity contribution is -0.387. The van der Waals surface area contributed by atoms with E-state index in [0.717, 1.165) is 18.2 Å². The predicted octanol–water partition coefficient (Wildman–Crippen LogP) is 2.72. The molecule has 1 aliphatic heterocycles. The molecule has 1 aromatic rings. The van der Waals surface area contributed by atoms with Crippen LogP contribution in [-0.2, 0) is 19.1 Å².